The zero-order valence-electron chi connectivity index (χ0n) is 14.7. The molecule has 0 fully saturated rings. The first-order valence-electron chi connectivity index (χ1n) is 8.20. The van der Waals surface area contributed by atoms with Crippen LogP contribution in [0.15, 0.2) is 66.1 Å². The Morgan fingerprint density at radius 3 is 2.30 bits per heavy atom. The highest BCUT2D eigenvalue weighted by Crippen LogP contribution is 2.15. The predicted octanol–water partition coefficient (Wildman–Crippen LogP) is 1.76. The maximum atomic E-state index is 12.4. The summed E-state index contributed by atoms with van der Waals surface area (Å²) in [6.07, 6.45) is 3.12. The van der Waals surface area contributed by atoms with E-state index in [-0.39, 0.29) is 17.3 Å². The molecule has 0 saturated carbocycles. The van der Waals surface area contributed by atoms with Gasteiger partial charge in [-0.3, -0.25) is 4.79 Å². The molecule has 0 saturated heterocycles. The van der Waals surface area contributed by atoms with E-state index in [0.717, 1.165) is 11.1 Å². The number of aromatic nitrogens is 3. The Morgan fingerprint density at radius 1 is 1.04 bits per heavy atom. The smallest absolute Gasteiger partial charge is 0.240 e. The van der Waals surface area contributed by atoms with Crippen LogP contribution < -0.4 is 10.0 Å². The first-order valence-corrected chi connectivity index (χ1v) is 9.68. The van der Waals surface area contributed by atoms with Crippen LogP contribution in [-0.4, -0.2) is 29.1 Å². The zero-order valence-corrected chi connectivity index (χ0v) is 15.5. The van der Waals surface area contributed by atoms with Crippen molar-refractivity contribution >= 4 is 21.6 Å². The van der Waals surface area contributed by atoms with Gasteiger partial charge in [-0.05, 0) is 35.4 Å². The lowest BCUT2D eigenvalue weighted by Crippen LogP contribution is -2.23. The van der Waals surface area contributed by atoms with Crippen LogP contribution in [0, 0.1) is 0 Å². The second kappa shape index (κ2) is 8.11. The number of hydrogen-bond donors (Lipinski definition) is 2. The lowest BCUT2D eigenvalue weighted by molar-refractivity contribution is -0.114. The molecule has 140 valence electrons. The molecule has 0 aliphatic carbocycles. The lowest BCUT2D eigenvalue weighted by atomic mass is 10.1. The van der Waals surface area contributed by atoms with E-state index < -0.39 is 10.0 Å². The molecular weight excluding hydrogens is 366 g/mol. The third-order valence-corrected chi connectivity index (χ3v) is 5.20. The van der Waals surface area contributed by atoms with Crippen molar-refractivity contribution in [3.8, 4) is 0 Å². The summed E-state index contributed by atoms with van der Waals surface area (Å²) in [6.45, 7) is 2.18. The van der Waals surface area contributed by atoms with Gasteiger partial charge < -0.3 is 5.32 Å². The third kappa shape index (κ3) is 5.22. The Bertz CT molecular complexity index is 998. The summed E-state index contributed by atoms with van der Waals surface area (Å²) in [6, 6.07) is 13.6. The number of rotatable bonds is 7. The van der Waals surface area contributed by atoms with Crippen LogP contribution in [0.5, 0.6) is 0 Å². The van der Waals surface area contributed by atoms with Crippen LogP contribution >= 0.6 is 0 Å². The van der Waals surface area contributed by atoms with Crippen molar-refractivity contribution in [3.05, 3.63) is 72.3 Å². The summed E-state index contributed by atoms with van der Waals surface area (Å²) < 4.78 is 29.1. The van der Waals surface area contributed by atoms with Gasteiger partial charge in [0.25, 0.3) is 0 Å². The molecular formula is C18H19N5O3S. The first-order chi connectivity index (χ1) is 12.9. The molecule has 8 nitrogen and oxygen atoms in total. The second-order valence-corrected chi connectivity index (χ2v) is 7.71. The molecule has 27 heavy (non-hydrogen) atoms. The highest BCUT2D eigenvalue weighted by atomic mass is 32.2. The molecule has 0 aliphatic rings. The number of nitrogens with one attached hydrogen (secondary N) is 2. The highest BCUT2D eigenvalue weighted by molar-refractivity contribution is 7.89. The Labute approximate surface area is 157 Å². The van der Waals surface area contributed by atoms with Crippen molar-refractivity contribution in [2.24, 2.45) is 0 Å². The van der Waals surface area contributed by atoms with Gasteiger partial charge in [0.15, 0.2) is 0 Å². The molecule has 3 rings (SSSR count). The standard InChI is InChI=1S/C18H19N5O3S/c1-14(24)22-17-6-8-18(9-7-17)27(25,26)21-10-15-2-4-16(5-3-15)11-23-13-19-12-20-23/h2-9,12-13,21H,10-11H2,1H3,(H,22,24). The maximum absolute atomic E-state index is 12.4. The summed E-state index contributed by atoms with van der Waals surface area (Å²) in [7, 11) is -3.64. The first kappa shape index (κ1) is 18.7. The van der Waals surface area contributed by atoms with Crippen LogP contribution in [-0.2, 0) is 27.9 Å². The number of hydrogen-bond acceptors (Lipinski definition) is 5. The van der Waals surface area contributed by atoms with Crippen LogP contribution in [0.3, 0.4) is 0 Å². The number of carbonyl (C=O) groups is 1. The fourth-order valence-electron chi connectivity index (χ4n) is 2.45. The van der Waals surface area contributed by atoms with E-state index in [1.54, 1.807) is 23.1 Å². The third-order valence-electron chi connectivity index (χ3n) is 3.79. The van der Waals surface area contributed by atoms with Gasteiger partial charge >= 0.3 is 0 Å². The SMILES string of the molecule is CC(=O)Nc1ccc(S(=O)(=O)NCc2ccc(Cn3cncn3)cc2)cc1. The molecule has 1 amide bonds. The van der Waals surface area contributed by atoms with Crippen molar-refractivity contribution in [1.29, 1.82) is 0 Å². The van der Waals surface area contributed by atoms with Crippen molar-refractivity contribution in [3.63, 3.8) is 0 Å². The van der Waals surface area contributed by atoms with Crippen molar-refractivity contribution < 1.29 is 13.2 Å². The summed E-state index contributed by atoms with van der Waals surface area (Å²) in [5.41, 5.74) is 2.43. The van der Waals surface area contributed by atoms with Gasteiger partial charge in [-0.2, -0.15) is 5.10 Å². The Kier molecular flexibility index (Phi) is 5.63. The van der Waals surface area contributed by atoms with Crippen molar-refractivity contribution in [2.45, 2.75) is 24.9 Å². The number of amides is 1. The van der Waals surface area contributed by atoms with Crippen LogP contribution in [0.2, 0.25) is 0 Å². The van der Waals surface area contributed by atoms with E-state index in [9.17, 15) is 13.2 Å². The van der Waals surface area contributed by atoms with E-state index in [0.29, 0.717) is 12.2 Å². The minimum absolute atomic E-state index is 0.138. The largest absolute Gasteiger partial charge is 0.326 e. The van der Waals surface area contributed by atoms with Crippen molar-refractivity contribution in [2.75, 3.05) is 5.32 Å². The molecule has 0 unspecified atom stereocenters. The zero-order chi connectivity index (χ0) is 19.3. The predicted molar refractivity (Wildman–Crippen MR) is 100 cm³/mol. The lowest BCUT2D eigenvalue weighted by Gasteiger charge is -2.09. The number of benzene rings is 2. The Balaban J connectivity index is 1.60. The monoisotopic (exact) mass is 385 g/mol. The summed E-state index contributed by atoms with van der Waals surface area (Å²) in [4.78, 5) is 15.1. The van der Waals surface area contributed by atoms with Gasteiger partial charge in [0, 0.05) is 19.2 Å². The molecule has 0 bridgehead atoms. The number of sulfonamides is 1. The topological polar surface area (TPSA) is 106 Å². The molecule has 0 radical (unpaired) electrons. The second-order valence-electron chi connectivity index (χ2n) is 5.94. The van der Waals surface area contributed by atoms with Crippen LogP contribution in [0.1, 0.15) is 18.1 Å². The van der Waals surface area contributed by atoms with E-state index in [1.807, 2.05) is 24.3 Å². The van der Waals surface area contributed by atoms with Gasteiger partial charge in [0.2, 0.25) is 15.9 Å². The average Bonchev–Trinajstić information content (AvgIpc) is 3.14. The number of nitrogens with zero attached hydrogens (tertiary/aromatic N) is 3. The van der Waals surface area contributed by atoms with E-state index in [2.05, 4.69) is 20.1 Å². The van der Waals surface area contributed by atoms with Crippen LogP contribution in [0.25, 0.3) is 0 Å². The molecule has 2 aromatic carbocycles. The molecule has 0 spiro atoms. The quantitative estimate of drug-likeness (QED) is 0.645. The molecule has 9 heteroatoms. The number of carbonyl (C=O) groups excluding carboxylic acids is 1. The fraction of sp³-hybridized carbons (Fsp3) is 0.167. The molecule has 0 aliphatic heterocycles. The van der Waals surface area contributed by atoms with Gasteiger partial charge in [0.05, 0.1) is 11.4 Å². The number of anilines is 1. The van der Waals surface area contributed by atoms with Gasteiger partial charge in [-0.25, -0.2) is 22.8 Å². The summed E-state index contributed by atoms with van der Waals surface area (Å²) in [5, 5.41) is 6.65. The highest BCUT2D eigenvalue weighted by Gasteiger charge is 2.13. The Hall–Kier alpha value is -3.04. The minimum atomic E-state index is -3.64. The van der Waals surface area contributed by atoms with Crippen LogP contribution in [0.4, 0.5) is 5.69 Å². The van der Waals surface area contributed by atoms with E-state index in [1.165, 1.54) is 25.4 Å². The molecule has 2 N–H and O–H groups in total. The normalized spacial score (nSPS) is 11.3. The van der Waals surface area contributed by atoms with Crippen molar-refractivity contribution in [1.82, 2.24) is 19.5 Å². The average molecular weight is 385 g/mol. The van der Waals surface area contributed by atoms with E-state index >= 15 is 0 Å². The van der Waals surface area contributed by atoms with E-state index in [4.69, 9.17) is 0 Å². The molecule has 0 atom stereocenters. The molecule has 1 aromatic heterocycles. The summed E-state index contributed by atoms with van der Waals surface area (Å²) in [5.74, 6) is -0.212. The fourth-order valence-corrected chi connectivity index (χ4v) is 3.46. The molecule has 3 aromatic rings. The summed E-state index contributed by atoms with van der Waals surface area (Å²) >= 11 is 0. The van der Waals surface area contributed by atoms with Gasteiger partial charge in [0.1, 0.15) is 12.7 Å². The van der Waals surface area contributed by atoms with Gasteiger partial charge in [-0.15, -0.1) is 0 Å². The minimum Gasteiger partial charge on any atom is -0.326 e. The van der Waals surface area contributed by atoms with Gasteiger partial charge in [-0.1, -0.05) is 24.3 Å². The molecule has 1 heterocycles. The Morgan fingerprint density at radius 2 is 1.70 bits per heavy atom. The maximum Gasteiger partial charge on any atom is 0.240 e.